The Hall–Kier alpha value is -7.42. The minimum atomic E-state index is -0.533. The zero-order chi connectivity index (χ0) is 56.2. The van der Waals surface area contributed by atoms with Crippen LogP contribution in [0.2, 0.25) is 20.1 Å². The minimum Gasteiger partial charge on any atom is -0.392 e. The molecule has 17 nitrogen and oxygen atoms in total. The summed E-state index contributed by atoms with van der Waals surface area (Å²) in [7, 11) is 6.16. The lowest BCUT2D eigenvalue weighted by molar-refractivity contribution is 0.0616. The van der Waals surface area contributed by atoms with Crippen LogP contribution in [0, 0.1) is 0 Å². The van der Waals surface area contributed by atoms with Gasteiger partial charge < -0.3 is 24.1 Å². The predicted octanol–water partition coefficient (Wildman–Crippen LogP) is 10.4. The van der Waals surface area contributed by atoms with Crippen LogP contribution in [0.5, 0.6) is 0 Å². The maximum absolute atomic E-state index is 13.5. The Morgan fingerprint density at radius 1 is 0.525 bits per heavy atom. The van der Waals surface area contributed by atoms with Crippen LogP contribution in [-0.2, 0) is 59.4 Å². The first-order valence-electron chi connectivity index (χ1n) is 24.6. The van der Waals surface area contributed by atoms with Gasteiger partial charge in [0.25, 0.3) is 11.1 Å². The lowest BCUT2D eigenvalue weighted by Crippen LogP contribution is -2.39. The van der Waals surface area contributed by atoms with Crippen molar-refractivity contribution in [3.8, 4) is 34.2 Å². The number of hydrogen-bond donors (Lipinski definition) is 2. The summed E-state index contributed by atoms with van der Waals surface area (Å²) in [6.45, 7) is 3.62. The third-order valence-electron chi connectivity index (χ3n) is 12.4. The molecule has 4 heterocycles. The van der Waals surface area contributed by atoms with Crippen LogP contribution in [0.3, 0.4) is 0 Å². The lowest BCUT2D eigenvalue weighted by atomic mass is 10.1. The molecule has 6 aromatic carbocycles. The summed E-state index contributed by atoms with van der Waals surface area (Å²) in [5.41, 5.74) is 5.58. The van der Waals surface area contributed by atoms with Gasteiger partial charge in [0.05, 0.1) is 62.8 Å². The number of nitrogens with zero attached hydrogens (tertiary/aromatic N) is 7. The van der Waals surface area contributed by atoms with Crippen molar-refractivity contribution in [3.63, 3.8) is 0 Å². The molecule has 0 bridgehead atoms. The van der Waals surface area contributed by atoms with E-state index in [-0.39, 0.29) is 42.9 Å². The van der Waals surface area contributed by atoms with Gasteiger partial charge in [-0.25, -0.2) is 19.6 Å². The zero-order valence-corrected chi connectivity index (χ0v) is 46.4. The standard InChI is InChI=1S/C29H26Cl2N4O4.C18H12Cl2N4O2.C11H16O3.CH4/c1-33-28(36)25-27(34(29(33)37)17-19-7-9-20(10-8-19)18-39-16-15-38-2)32-26(23-5-3-4-6-24(23)31)35(25)22-13-11-21(30)12-14-22;1-23-17(25)14-15(22-18(23)26)21-16(12-4-2-3-5-13(12)20)24(14)11-8-6-10(19)7-9-11;1-13-6-7-14-9-11-4-2-10(8-12)3-5-11;/h3-14H,15-18H2,1-2H3;2-9H,1H3,(H,22,26);2-5,12H,6-9H2,1H3;1H4. The number of methoxy groups -OCH3 is 2. The van der Waals surface area contributed by atoms with Gasteiger partial charge in [-0.3, -0.25) is 37.4 Å². The van der Waals surface area contributed by atoms with Gasteiger partial charge in [-0.05, 0) is 95.1 Å². The Bertz CT molecular complexity index is 3950. The number of aromatic amines is 1. The second-order valence-corrected chi connectivity index (χ2v) is 19.4. The van der Waals surface area contributed by atoms with Crippen LogP contribution in [0.4, 0.5) is 0 Å². The van der Waals surface area contributed by atoms with E-state index in [0.29, 0.717) is 93.9 Å². The molecule has 0 radical (unpaired) electrons. The summed E-state index contributed by atoms with van der Waals surface area (Å²) in [6.07, 6.45) is 0. The number of aliphatic hydroxyl groups is 1. The number of benzene rings is 6. The number of ether oxygens (including phenoxy) is 4. The van der Waals surface area contributed by atoms with Crippen LogP contribution in [0.25, 0.3) is 56.5 Å². The second-order valence-electron chi connectivity index (χ2n) is 17.7. The van der Waals surface area contributed by atoms with Crippen molar-refractivity contribution in [1.29, 1.82) is 0 Å². The summed E-state index contributed by atoms with van der Waals surface area (Å²) in [5, 5.41) is 10.9. The quantitative estimate of drug-likeness (QED) is 0.0825. The van der Waals surface area contributed by atoms with Crippen LogP contribution in [0.15, 0.2) is 165 Å². The molecule has 0 aliphatic rings. The van der Waals surface area contributed by atoms with E-state index in [1.54, 1.807) is 90.1 Å². The number of H-pyrrole nitrogens is 1. The molecule has 0 saturated heterocycles. The van der Waals surface area contributed by atoms with Gasteiger partial charge in [0, 0.05) is 60.9 Å². The minimum absolute atomic E-state index is 0. The highest BCUT2D eigenvalue weighted by Crippen LogP contribution is 2.33. The molecular weight excluding hydrogens is 1110 g/mol. The van der Waals surface area contributed by atoms with Crippen LogP contribution < -0.4 is 22.5 Å². The zero-order valence-electron chi connectivity index (χ0n) is 43.4. The predicted molar refractivity (Wildman–Crippen MR) is 316 cm³/mol. The molecule has 10 rings (SSSR count). The maximum atomic E-state index is 13.5. The molecule has 0 amide bonds. The fraction of sp³-hybridized carbons (Fsp3) is 0.220. The van der Waals surface area contributed by atoms with Gasteiger partial charge in [-0.1, -0.05) is 127 Å². The second kappa shape index (κ2) is 28.1. The fourth-order valence-electron chi connectivity index (χ4n) is 8.25. The van der Waals surface area contributed by atoms with E-state index >= 15 is 0 Å². The van der Waals surface area contributed by atoms with Crippen molar-refractivity contribution < 1.29 is 24.1 Å². The van der Waals surface area contributed by atoms with Gasteiger partial charge >= 0.3 is 11.4 Å². The number of imidazole rings is 2. The SMILES string of the molecule is C.COCCOCc1ccc(CO)cc1.COCCOCc1ccc(Cn2c(=O)n(C)c(=O)c3c2nc(-c2ccccc2Cl)n3-c2ccc(Cl)cc2)cc1.Cn1c(=O)[nH]c2nc(-c3ccccc3Cl)n(-c3ccc(Cl)cc3)c2c1=O. The molecule has 416 valence electrons. The number of aliphatic hydroxyl groups excluding tert-OH is 1. The largest absolute Gasteiger partial charge is 0.392 e. The van der Waals surface area contributed by atoms with Crippen LogP contribution in [0.1, 0.15) is 29.7 Å². The molecule has 0 atom stereocenters. The summed E-state index contributed by atoms with van der Waals surface area (Å²) in [4.78, 5) is 63.6. The first kappa shape index (κ1) is 60.2. The third kappa shape index (κ3) is 13.9. The van der Waals surface area contributed by atoms with Gasteiger partial charge in [0.1, 0.15) is 11.6 Å². The normalized spacial score (nSPS) is 11.0. The Morgan fingerprint density at radius 2 is 0.963 bits per heavy atom. The number of aromatic nitrogens is 8. The van der Waals surface area contributed by atoms with E-state index in [4.69, 9.17) is 75.4 Å². The molecule has 0 saturated carbocycles. The highest BCUT2D eigenvalue weighted by molar-refractivity contribution is 6.33. The van der Waals surface area contributed by atoms with Crippen molar-refractivity contribution in [2.75, 3.05) is 40.6 Å². The Morgan fingerprint density at radius 3 is 1.44 bits per heavy atom. The number of halogens is 4. The number of fused-ring (bicyclic) bond motifs is 2. The number of nitrogens with one attached hydrogen (secondary N) is 1. The number of hydrogen-bond acceptors (Lipinski definition) is 11. The van der Waals surface area contributed by atoms with Gasteiger partial charge in [-0.2, -0.15) is 0 Å². The molecule has 0 fully saturated rings. The molecule has 0 unspecified atom stereocenters. The Balaban J connectivity index is 0.000000193. The summed E-state index contributed by atoms with van der Waals surface area (Å²) in [5.74, 6) is 0.893. The van der Waals surface area contributed by atoms with Crippen LogP contribution >= 0.6 is 46.4 Å². The van der Waals surface area contributed by atoms with E-state index < -0.39 is 22.5 Å². The van der Waals surface area contributed by atoms with E-state index in [1.165, 1.54) is 18.7 Å². The van der Waals surface area contributed by atoms with E-state index in [2.05, 4.69) is 9.97 Å². The smallest absolute Gasteiger partial charge is 0.332 e. The fourth-order valence-corrected chi connectivity index (χ4v) is 8.94. The highest BCUT2D eigenvalue weighted by atomic mass is 35.5. The molecule has 0 aliphatic carbocycles. The average Bonchev–Trinajstić information content (AvgIpc) is 4.27. The molecule has 80 heavy (non-hydrogen) atoms. The van der Waals surface area contributed by atoms with Crippen molar-refractivity contribution in [2.45, 2.75) is 33.8 Å². The molecule has 4 aromatic heterocycles. The molecule has 10 aromatic rings. The maximum Gasteiger partial charge on any atom is 0.332 e. The molecule has 21 heteroatoms. The first-order valence-corrected chi connectivity index (χ1v) is 26.1. The first-order chi connectivity index (χ1) is 38.2. The van der Waals surface area contributed by atoms with E-state index in [1.807, 2.05) is 78.9 Å². The third-order valence-corrected chi connectivity index (χ3v) is 13.6. The number of rotatable bonds is 17. The van der Waals surface area contributed by atoms with Crippen molar-refractivity contribution in [1.82, 2.24) is 37.8 Å². The van der Waals surface area contributed by atoms with E-state index in [9.17, 15) is 19.2 Å². The average molecular weight is 1160 g/mol. The molecule has 0 aliphatic heterocycles. The van der Waals surface area contributed by atoms with E-state index in [0.717, 1.165) is 31.4 Å². The summed E-state index contributed by atoms with van der Waals surface area (Å²) in [6, 6.07) is 44.0. The van der Waals surface area contributed by atoms with Crippen molar-refractivity contribution in [2.24, 2.45) is 14.1 Å². The van der Waals surface area contributed by atoms with Gasteiger partial charge in [0.2, 0.25) is 0 Å². The molecular formula is C59H58Cl4N8O9. The monoisotopic (exact) mass is 1160 g/mol. The van der Waals surface area contributed by atoms with Crippen molar-refractivity contribution in [3.05, 3.63) is 230 Å². The Kier molecular flexibility index (Phi) is 21.2. The van der Waals surface area contributed by atoms with Gasteiger partial charge in [0.15, 0.2) is 22.3 Å². The molecule has 0 spiro atoms. The van der Waals surface area contributed by atoms with Gasteiger partial charge in [-0.15, -0.1) is 0 Å². The lowest BCUT2D eigenvalue weighted by Gasteiger charge is -2.12. The Labute approximate surface area is 480 Å². The highest BCUT2D eigenvalue weighted by Gasteiger charge is 2.25. The summed E-state index contributed by atoms with van der Waals surface area (Å²) >= 11 is 25.1. The topological polar surface area (TPSA) is 192 Å². The molecule has 2 N–H and O–H groups in total. The van der Waals surface area contributed by atoms with Crippen LogP contribution in [-0.4, -0.2) is 83.5 Å². The van der Waals surface area contributed by atoms with Crippen molar-refractivity contribution >= 4 is 68.7 Å². The summed E-state index contributed by atoms with van der Waals surface area (Å²) < 4.78 is 27.8.